The molecule has 3 aromatic heterocycles. The molecule has 1 unspecified atom stereocenters. The van der Waals surface area contributed by atoms with Crippen molar-refractivity contribution in [1.82, 2.24) is 45.6 Å². The van der Waals surface area contributed by atoms with E-state index < -0.39 is 29.7 Å². The number of rotatable bonds is 11. The Labute approximate surface area is 225 Å². The number of nitrogens with one attached hydrogen (secondary N) is 2. The molecule has 2 atom stereocenters. The lowest BCUT2D eigenvalue weighted by atomic mass is 10.1. The molecule has 0 radical (unpaired) electrons. The molecule has 0 aliphatic carbocycles. The number of carbonyl (C=O) groups is 2. The molecule has 3 heterocycles. The zero-order valence-electron chi connectivity index (χ0n) is 21.2. The zero-order chi connectivity index (χ0) is 28.7. The average molecular weight is 560 g/mol. The fourth-order valence-electron chi connectivity index (χ4n) is 3.68. The summed E-state index contributed by atoms with van der Waals surface area (Å²) >= 11 is 0. The zero-order valence-corrected chi connectivity index (χ0v) is 21.2. The molecule has 0 saturated carbocycles. The highest BCUT2D eigenvalue weighted by Gasteiger charge is 2.30. The van der Waals surface area contributed by atoms with Crippen LogP contribution in [-0.2, 0) is 25.8 Å². The second kappa shape index (κ2) is 12.4. The minimum absolute atomic E-state index is 0.0128. The lowest BCUT2D eigenvalue weighted by Crippen LogP contribution is -2.26. The van der Waals surface area contributed by atoms with Gasteiger partial charge < -0.3 is 10.6 Å². The van der Waals surface area contributed by atoms with Gasteiger partial charge in [0.1, 0.15) is 6.17 Å². The van der Waals surface area contributed by atoms with Crippen LogP contribution in [0, 0.1) is 0 Å². The van der Waals surface area contributed by atoms with Crippen LogP contribution >= 0.6 is 0 Å². The maximum Gasteiger partial charge on any atom is 0.416 e. The van der Waals surface area contributed by atoms with Crippen molar-refractivity contribution in [1.29, 1.82) is 0 Å². The molecule has 4 aromatic rings. The van der Waals surface area contributed by atoms with Crippen LogP contribution < -0.4 is 10.6 Å². The number of hydrogen-bond acceptors (Lipinski definition) is 7. The quantitative estimate of drug-likeness (QED) is 0.270. The average Bonchev–Trinajstić information content (AvgIpc) is 3.61. The van der Waals surface area contributed by atoms with Crippen molar-refractivity contribution in [2.75, 3.05) is 0 Å². The van der Waals surface area contributed by atoms with Crippen LogP contribution in [-0.4, -0.2) is 53.0 Å². The minimum Gasteiger partial charge on any atom is -0.345 e. The Bertz CT molecular complexity index is 1440. The van der Waals surface area contributed by atoms with Gasteiger partial charge in [0.05, 0.1) is 42.8 Å². The van der Waals surface area contributed by atoms with Crippen LogP contribution in [0.5, 0.6) is 0 Å². The van der Waals surface area contributed by atoms with Crippen molar-refractivity contribution in [3.8, 4) is 0 Å². The number of pyridine rings is 1. The third-order valence-electron chi connectivity index (χ3n) is 5.82. The van der Waals surface area contributed by atoms with Gasteiger partial charge in [-0.2, -0.15) is 13.2 Å². The Balaban J connectivity index is 1.22. The maximum atomic E-state index is 14.6. The number of nitrogens with zero attached hydrogens (tertiary/aromatic N) is 7. The van der Waals surface area contributed by atoms with Crippen LogP contribution in [0.3, 0.4) is 0 Å². The van der Waals surface area contributed by atoms with E-state index in [1.54, 1.807) is 0 Å². The highest BCUT2D eigenvalue weighted by atomic mass is 19.4. The second-order valence-electron chi connectivity index (χ2n) is 8.90. The number of hydrogen-bond donors (Lipinski definition) is 2. The van der Waals surface area contributed by atoms with E-state index >= 15 is 0 Å². The van der Waals surface area contributed by atoms with E-state index in [0.29, 0.717) is 0 Å². The first-order valence-electron chi connectivity index (χ1n) is 12.2. The molecule has 40 heavy (non-hydrogen) atoms. The SMILES string of the molecule is C[C@@H](NC(=O)c1cn(CCC(F)Cn2cc(C(=O)NCc3cc(C(F)(F)F)ccn3)nn2)nn1)c1ccccc1. The summed E-state index contributed by atoms with van der Waals surface area (Å²) in [5, 5.41) is 20.4. The van der Waals surface area contributed by atoms with Crippen LogP contribution in [0.1, 0.15) is 57.2 Å². The molecule has 0 fully saturated rings. The van der Waals surface area contributed by atoms with Crippen molar-refractivity contribution in [3.63, 3.8) is 0 Å². The summed E-state index contributed by atoms with van der Waals surface area (Å²) in [6.45, 7) is 1.52. The predicted molar refractivity (Wildman–Crippen MR) is 132 cm³/mol. The van der Waals surface area contributed by atoms with Crippen LogP contribution in [0.25, 0.3) is 0 Å². The largest absolute Gasteiger partial charge is 0.416 e. The molecule has 0 aliphatic rings. The van der Waals surface area contributed by atoms with Gasteiger partial charge in [-0.25, -0.2) is 9.07 Å². The second-order valence-corrected chi connectivity index (χ2v) is 8.90. The van der Waals surface area contributed by atoms with Crippen molar-refractivity contribution >= 4 is 11.8 Å². The Morgan fingerprint density at radius 1 is 0.975 bits per heavy atom. The van der Waals surface area contributed by atoms with Gasteiger partial charge in [-0.1, -0.05) is 40.8 Å². The molecule has 15 heteroatoms. The Morgan fingerprint density at radius 2 is 1.65 bits per heavy atom. The summed E-state index contributed by atoms with van der Waals surface area (Å²) in [5.74, 6) is -1.10. The number of benzene rings is 1. The molecule has 4 rings (SSSR count). The van der Waals surface area contributed by atoms with Crippen LogP contribution in [0.4, 0.5) is 17.6 Å². The Kier molecular flexibility index (Phi) is 8.81. The fourth-order valence-corrected chi connectivity index (χ4v) is 3.68. The first-order chi connectivity index (χ1) is 19.1. The molecule has 210 valence electrons. The number of aryl methyl sites for hydroxylation is 1. The molecular formula is C25H25F4N9O2. The van der Waals surface area contributed by atoms with Gasteiger partial charge >= 0.3 is 6.18 Å². The van der Waals surface area contributed by atoms with E-state index in [0.717, 1.165) is 28.6 Å². The highest BCUT2D eigenvalue weighted by Crippen LogP contribution is 2.29. The normalized spacial score (nSPS) is 13.0. The van der Waals surface area contributed by atoms with E-state index in [-0.39, 0.29) is 49.2 Å². The van der Waals surface area contributed by atoms with Gasteiger partial charge in [-0.15, -0.1) is 10.2 Å². The van der Waals surface area contributed by atoms with Crippen molar-refractivity contribution < 1.29 is 27.2 Å². The molecule has 1 aromatic carbocycles. The number of alkyl halides is 4. The van der Waals surface area contributed by atoms with E-state index in [4.69, 9.17) is 0 Å². The van der Waals surface area contributed by atoms with E-state index in [1.807, 2.05) is 37.3 Å². The summed E-state index contributed by atoms with van der Waals surface area (Å²) in [7, 11) is 0. The number of halogens is 4. The summed E-state index contributed by atoms with van der Waals surface area (Å²) in [5.41, 5.74) is 0.0415. The van der Waals surface area contributed by atoms with E-state index in [9.17, 15) is 27.2 Å². The summed E-state index contributed by atoms with van der Waals surface area (Å²) < 4.78 is 55.6. The number of amides is 2. The lowest BCUT2D eigenvalue weighted by molar-refractivity contribution is -0.137. The van der Waals surface area contributed by atoms with Gasteiger partial charge in [0.15, 0.2) is 11.4 Å². The standard InChI is InChI=1S/C25H25F4N9O2/c1-16(17-5-3-2-4-6-17)32-24(40)22-14-37(35-34-22)10-8-19(26)13-38-15-21(33-36-38)23(39)31-12-20-11-18(7-9-30-20)25(27,28)29/h2-7,9,11,14-16,19H,8,10,12-13H2,1H3,(H,31,39)(H,32,40)/t16-,19?/m1/s1. The molecule has 2 amide bonds. The summed E-state index contributed by atoms with van der Waals surface area (Å²) in [6, 6.07) is 10.8. The lowest BCUT2D eigenvalue weighted by Gasteiger charge is -2.12. The van der Waals surface area contributed by atoms with Gasteiger partial charge in [0, 0.05) is 19.2 Å². The molecule has 11 nitrogen and oxygen atoms in total. The van der Waals surface area contributed by atoms with Crippen molar-refractivity contribution in [2.24, 2.45) is 0 Å². The molecule has 0 aliphatic heterocycles. The topological polar surface area (TPSA) is 133 Å². The monoisotopic (exact) mass is 559 g/mol. The van der Waals surface area contributed by atoms with E-state index in [1.165, 1.54) is 17.1 Å². The van der Waals surface area contributed by atoms with E-state index in [2.05, 4.69) is 36.2 Å². The third kappa shape index (κ3) is 7.68. The third-order valence-corrected chi connectivity index (χ3v) is 5.82. The molecule has 0 bridgehead atoms. The molecule has 0 spiro atoms. The predicted octanol–water partition coefficient (Wildman–Crippen LogP) is 3.13. The van der Waals surface area contributed by atoms with Gasteiger partial charge in [0.2, 0.25) is 0 Å². The number of aromatic nitrogens is 7. The first kappa shape index (κ1) is 28.3. The molecule has 0 saturated heterocycles. The Hall–Kier alpha value is -4.69. The Morgan fingerprint density at radius 3 is 2.38 bits per heavy atom. The highest BCUT2D eigenvalue weighted by molar-refractivity contribution is 5.92. The van der Waals surface area contributed by atoms with Crippen molar-refractivity contribution in [3.05, 3.63) is 89.3 Å². The van der Waals surface area contributed by atoms with Crippen LogP contribution in [0.15, 0.2) is 61.1 Å². The number of carbonyl (C=O) groups excluding carboxylic acids is 2. The smallest absolute Gasteiger partial charge is 0.345 e. The van der Waals surface area contributed by atoms with Crippen molar-refractivity contribution in [2.45, 2.75) is 51.4 Å². The van der Waals surface area contributed by atoms with Gasteiger partial charge in [-0.3, -0.25) is 19.3 Å². The summed E-state index contributed by atoms with van der Waals surface area (Å²) in [6.07, 6.45) is -2.23. The molecular weight excluding hydrogens is 534 g/mol. The summed E-state index contributed by atoms with van der Waals surface area (Å²) in [4.78, 5) is 28.6. The van der Waals surface area contributed by atoms with Gasteiger partial charge in [-0.05, 0) is 24.6 Å². The molecule has 2 N–H and O–H groups in total. The maximum absolute atomic E-state index is 14.6. The first-order valence-corrected chi connectivity index (χ1v) is 12.2. The van der Waals surface area contributed by atoms with Crippen LogP contribution in [0.2, 0.25) is 0 Å². The van der Waals surface area contributed by atoms with Gasteiger partial charge in [0.25, 0.3) is 11.8 Å². The fraction of sp³-hybridized carbons (Fsp3) is 0.320. The minimum atomic E-state index is -4.53.